The van der Waals surface area contributed by atoms with Crippen LogP contribution in [0.3, 0.4) is 0 Å². The molecular formula is C6H2BrF2IN2O2. The van der Waals surface area contributed by atoms with Crippen LogP contribution in [0.2, 0.25) is 0 Å². The van der Waals surface area contributed by atoms with Gasteiger partial charge in [0, 0.05) is 6.20 Å². The number of hydrogen-bond donors (Lipinski definition) is 0. The summed E-state index contributed by atoms with van der Waals surface area (Å²) in [5.74, 6) is 0. The van der Waals surface area contributed by atoms with Crippen molar-refractivity contribution in [3.8, 4) is 0 Å². The van der Waals surface area contributed by atoms with Gasteiger partial charge in [-0.3, -0.25) is 10.1 Å². The predicted octanol–water partition coefficient (Wildman–Crippen LogP) is 3.29. The van der Waals surface area contributed by atoms with Gasteiger partial charge in [-0.05, 0) is 38.5 Å². The number of aromatic nitrogens is 1. The van der Waals surface area contributed by atoms with E-state index in [0.29, 0.717) is 0 Å². The third kappa shape index (κ3) is 2.16. The third-order valence-electron chi connectivity index (χ3n) is 1.40. The zero-order valence-electron chi connectivity index (χ0n) is 6.38. The average Bonchev–Trinajstić information content (AvgIpc) is 2.07. The maximum atomic E-state index is 12.5. The molecule has 14 heavy (non-hydrogen) atoms. The van der Waals surface area contributed by atoms with Gasteiger partial charge in [0.15, 0.2) is 0 Å². The minimum atomic E-state index is -2.92. The van der Waals surface area contributed by atoms with Crippen molar-refractivity contribution in [3.05, 3.63) is 30.0 Å². The number of nitrogens with zero attached hydrogens (tertiary/aromatic N) is 2. The quantitative estimate of drug-likeness (QED) is 0.343. The Balaban J connectivity index is 3.50. The van der Waals surface area contributed by atoms with E-state index in [4.69, 9.17) is 0 Å². The second kappa shape index (κ2) is 4.43. The van der Waals surface area contributed by atoms with Crippen LogP contribution in [0.1, 0.15) is 12.0 Å². The van der Waals surface area contributed by atoms with Crippen molar-refractivity contribution in [1.29, 1.82) is 0 Å². The standard InChI is InChI=1S/C6H2BrF2IN2O2/c7-5-3(6(8)9)4(12(13)14)2(10)1-11-5/h1,6H. The van der Waals surface area contributed by atoms with Crippen LogP contribution >= 0.6 is 38.5 Å². The zero-order chi connectivity index (χ0) is 10.9. The summed E-state index contributed by atoms with van der Waals surface area (Å²) >= 11 is 4.34. The molecule has 0 bridgehead atoms. The van der Waals surface area contributed by atoms with Gasteiger partial charge in [0.05, 0.1) is 4.92 Å². The molecule has 0 aliphatic carbocycles. The molecule has 0 fully saturated rings. The number of pyridine rings is 1. The Kier molecular flexibility index (Phi) is 3.70. The Morgan fingerprint density at radius 1 is 1.64 bits per heavy atom. The first-order valence-electron chi connectivity index (χ1n) is 3.21. The number of nitro groups is 1. The SMILES string of the molecule is O=[N+]([O-])c1c(I)cnc(Br)c1C(F)F. The van der Waals surface area contributed by atoms with Crippen molar-refractivity contribution < 1.29 is 13.7 Å². The maximum Gasteiger partial charge on any atom is 0.295 e. The summed E-state index contributed by atoms with van der Waals surface area (Å²) in [5.41, 5.74) is -1.27. The highest BCUT2D eigenvalue weighted by molar-refractivity contribution is 14.1. The molecule has 0 N–H and O–H groups in total. The maximum absolute atomic E-state index is 12.5. The van der Waals surface area contributed by atoms with E-state index in [1.54, 1.807) is 22.6 Å². The molecule has 8 heteroatoms. The molecule has 0 unspecified atom stereocenters. The summed E-state index contributed by atoms with van der Waals surface area (Å²) in [6.45, 7) is 0. The fourth-order valence-electron chi connectivity index (χ4n) is 0.849. The van der Waals surface area contributed by atoms with Crippen molar-refractivity contribution in [1.82, 2.24) is 4.98 Å². The summed E-state index contributed by atoms with van der Waals surface area (Å²) < 4.78 is 24.8. The highest BCUT2D eigenvalue weighted by atomic mass is 127. The molecule has 0 spiro atoms. The van der Waals surface area contributed by atoms with E-state index in [1.807, 2.05) is 0 Å². The molecule has 0 atom stereocenters. The third-order valence-corrected chi connectivity index (χ3v) is 2.82. The topological polar surface area (TPSA) is 56.0 Å². The summed E-state index contributed by atoms with van der Waals surface area (Å²) in [7, 11) is 0. The number of hydrogen-bond acceptors (Lipinski definition) is 3. The molecule has 76 valence electrons. The lowest BCUT2D eigenvalue weighted by atomic mass is 10.2. The van der Waals surface area contributed by atoms with Crippen molar-refractivity contribution in [2.24, 2.45) is 0 Å². The first-order valence-corrected chi connectivity index (χ1v) is 5.08. The Hall–Kier alpha value is -0.380. The first kappa shape index (κ1) is 11.7. The van der Waals surface area contributed by atoms with E-state index in [0.717, 1.165) is 6.20 Å². The van der Waals surface area contributed by atoms with Crippen LogP contribution in [0.25, 0.3) is 0 Å². The molecule has 0 saturated carbocycles. The molecule has 1 aromatic heterocycles. The predicted molar refractivity (Wildman–Crippen MR) is 56.3 cm³/mol. The lowest BCUT2D eigenvalue weighted by Gasteiger charge is -2.04. The van der Waals surface area contributed by atoms with Crippen LogP contribution in [0.15, 0.2) is 10.8 Å². The van der Waals surface area contributed by atoms with Crippen molar-refractivity contribution >= 4 is 44.2 Å². The number of halogens is 4. The fraction of sp³-hybridized carbons (Fsp3) is 0.167. The van der Waals surface area contributed by atoms with Crippen LogP contribution in [0.4, 0.5) is 14.5 Å². The van der Waals surface area contributed by atoms with Gasteiger partial charge in [-0.15, -0.1) is 0 Å². The molecule has 0 amide bonds. The van der Waals surface area contributed by atoms with E-state index in [2.05, 4.69) is 20.9 Å². The van der Waals surface area contributed by atoms with Crippen LogP contribution in [-0.4, -0.2) is 9.91 Å². The smallest absolute Gasteiger partial charge is 0.258 e. The van der Waals surface area contributed by atoms with E-state index >= 15 is 0 Å². The van der Waals surface area contributed by atoms with Crippen molar-refractivity contribution in [2.75, 3.05) is 0 Å². The first-order chi connectivity index (χ1) is 6.45. The van der Waals surface area contributed by atoms with Crippen LogP contribution in [0, 0.1) is 13.7 Å². The molecule has 1 heterocycles. The largest absolute Gasteiger partial charge is 0.295 e. The second-order valence-corrected chi connectivity index (χ2v) is 4.13. The highest BCUT2D eigenvalue weighted by Crippen LogP contribution is 2.36. The van der Waals surface area contributed by atoms with E-state index in [9.17, 15) is 18.9 Å². The molecule has 1 aromatic rings. The molecule has 1 rings (SSSR count). The molecular weight excluding hydrogens is 377 g/mol. The Bertz CT molecular complexity index is 388. The Labute approximate surface area is 99.1 Å². The van der Waals surface area contributed by atoms with Gasteiger partial charge < -0.3 is 0 Å². The lowest BCUT2D eigenvalue weighted by molar-refractivity contribution is -0.387. The van der Waals surface area contributed by atoms with Gasteiger partial charge in [0.25, 0.3) is 12.1 Å². The monoisotopic (exact) mass is 378 g/mol. The van der Waals surface area contributed by atoms with Gasteiger partial charge in [0.1, 0.15) is 13.7 Å². The lowest BCUT2D eigenvalue weighted by Crippen LogP contribution is -2.01. The van der Waals surface area contributed by atoms with Crippen molar-refractivity contribution in [2.45, 2.75) is 6.43 Å². The normalized spacial score (nSPS) is 10.6. The van der Waals surface area contributed by atoms with Crippen LogP contribution in [-0.2, 0) is 0 Å². The molecule has 0 aromatic carbocycles. The minimum Gasteiger partial charge on any atom is -0.258 e. The van der Waals surface area contributed by atoms with Gasteiger partial charge in [-0.1, -0.05) is 0 Å². The van der Waals surface area contributed by atoms with E-state index < -0.39 is 22.6 Å². The second-order valence-electron chi connectivity index (χ2n) is 2.22. The average molecular weight is 379 g/mol. The Morgan fingerprint density at radius 2 is 2.21 bits per heavy atom. The molecule has 0 saturated heterocycles. The fourth-order valence-corrected chi connectivity index (χ4v) is 1.94. The number of alkyl halides is 2. The minimum absolute atomic E-state index is 0.0890. The Morgan fingerprint density at radius 3 is 2.57 bits per heavy atom. The van der Waals surface area contributed by atoms with Crippen LogP contribution in [0.5, 0.6) is 0 Å². The number of rotatable bonds is 2. The van der Waals surface area contributed by atoms with Crippen LogP contribution < -0.4 is 0 Å². The van der Waals surface area contributed by atoms with E-state index in [1.165, 1.54) is 0 Å². The summed E-state index contributed by atoms with van der Waals surface area (Å²) in [5, 5.41) is 10.5. The zero-order valence-corrected chi connectivity index (χ0v) is 10.1. The van der Waals surface area contributed by atoms with Gasteiger partial charge in [0.2, 0.25) is 0 Å². The summed E-state index contributed by atoms with van der Waals surface area (Å²) in [6.07, 6.45) is -1.76. The van der Waals surface area contributed by atoms with E-state index in [-0.39, 0.29) is 8.17 Å². The van der Waals surface area contributed by atoms with Gasteiger partial charge in [-0.25, -0.2) is 13.8 Å². The molecule has 0 radical (unpaired) electrons. The van der Waals surface area contributed by atoms with Gasteiger partial charge >= 0.3 is 0 Å². The highest BCUT2D eigenvalue weighted by Gasteiger charge is 2.28. The molecule has 0 aliphatic heterocycles. The van der Waals surface area contributed by atoms with Crippen molar-refractivity contribution in [3.63, 3.8) is 0 Å². The molecule has 4 nitrogen and oxygen atoms in total. The van der Waals surface area contributed by atoms with Gasteiger partial charge in [-0.2, -0.15) is 0 Å². The summed E-state index contributed by atoms with van der Waals surface area (Å²) in [4.78, 5) is 13.2. The molecule has 0 aliphatic rings. The summed E-state index contributed by atoms with van der Waals surface area (Å²) in [6, 6.07) is 0.